The molecule has 0 radical (unpaired) electrons. The van der Waals surface area contributed by atoms with Gasteiger partial charge in [0.15, 0.2) is 5.78 Å². The highest BCUT2D eigenvalue weighted by Crippen LogP contribution is 2.52. The molecule has 3 aromatic carbocycles. The standard InChI is InChI=1S/C34H29Cl3F3N3OS/c1-17-9-18(2)22(10-19(17)16-45-29-12-21(36)5-7-25(29)37)30-23(15-41)32(42)43(27-13-33(3,4)14-28(44)31(27)30)26-8-6-20(35)11-24(26)34(38,39)40/h5-12,30H,13-14,16,42H2,1-4H3. The maximum atomic E-state index is 14.4. The summed E-state index contributed by atoms with van der Waals surface area (Å²) in [5.41, 5.74) is 8.92. The summed E-state index contributed by atoms with van der Waals surface area (Å²) in [6.45, 7) is 7.65. The van der Waals surface area contributed by atoms with Crippen molar-refractivity contribution in [2.24, 2.45) is 11.1 Å². The second kappa shape index (κ2) is 12.3. The van der Waals surface area contributed by atoms with Crippen LogP contribution < -0.4 is 10.6 Å². The van der Waals surface area contributed by atoms with E-state index in [2.05, 4.69) is 6.07 Å². The van der Waals surface area contributed by atoms with E-state index in [0.717, 1.165) is 27.7 Å². The van der Waals surface area contributed by atoms with Crippen LogP contribution in [0.3, 0.4) is 0 Å². The molecular weight excluding hydrogens is 662 g/mol. The van der Waals surface area contributed by atoms with E-state index in [4.69, 9.17) is 40.5 Å². The minimum Gasteiger partial charge on any atom is -0.384 e. The quantitative estimate of drug-likeness (QED) is 0.270. The summed E-state index contributed by atoms with van der Waals surface area (Å²) in [6, 6.07) is 14.7. The molecule has 3 aromatic rings. The monoisotopic (exact) mass is 689 g/mol. The lowest BCUT2D eigenvalue weighted by atomic mass is 9.68. The van der Waals surface area contributed by atoms with Crippen LogP contribution in [0, 0.1) is 30.6 Å². The Hall–Kier alpha value is -3.09. The average Bonchev–Trinajstić information content (AvgIpc) is 2.93. The third-order valence-corrected chi connectivity index (χ3v) is 10.2. The first-order valence-corrected chi connectivity index (χ1v) is 16.1. The second-order valence-electron chi connectivity index (χ2n) is 12.1. The number of Topliss-reactive ketones (excluding diaryl/α,β-unsaturated/α-hetero) is 1. The van der Waals surface area contributed by atoms with E-state index in [0.29, 0.717) is 27.1 Å². The average molecular weight is 691 g/mol. The zero-order valence-corrected chi connectivity index (χ0v) is 28.0. The lowest BCUT2D eigenvalue weighted by Crippen LogP contribution is -2.42. The Morgan fingerprint density at radius 3 is 2.36 bits per heavy atom. The first-order valence-electron chi connectivity index (χ1n) is 14.0. The molecule has 1 aliphatic carbocycles. The van der Waals surface area contributed by atoms with E-state index in [1.165, 1.54) is 28.8 Å². The summed E-state index contributed by atoms with van der Waals surface area (Å²) >= 11 is 20.1. The number of aryl methyl sites for hydroxylation is 2. The van der Waals surface area contributed by atoms with Crippen molar-refractivity contribution in [1.82, 2.24) is 0 Å². The number of allylic oxidation sites excluding steroid dienone is 3. The molecule has 1 unspecified atom stereocenters. The Labute approximate surface area is 279 Å². The van der Waals surface area contributed by atoms with Crippen LogP contribution in [-0.4, -0.2) is 5.78 Å². The van der Waals surface area contributed by atoms with E-state index in [1.54, 1.807) is 18.2 Å². The van der Waals surface area contributed by atoms with E-state index in [9.17, 15) is 23.2 Å². The van der Waals surface area contributed by atoms with E-state index in [-0.39, 0.29) is 46.3 Å². The molecule has 1 aliphatic heterocycles. The molecule has 0 fully saturated rings. The fourth-order valence-electron chi connectivity index (χ4n) is 6.15. The SMILES string of the molecule is Cc1cc(C)c(C2C(C#N)=C(N)N(c3ccc(Cl)cc3C(F)(F)F)C3=C2C(=O)CC(C)(C)C3)cc1CSc1cc(Cl)ccc1Cl. The predicted molar refractivity (Wildman–Crippen MR) is 175 cm³/mol. The Morgan fingerprint density at radius 1 is 1.02 bits per heavy atom. The summed E-state index contributed by atoms with van der Waals surface area (Å²) < 4.78 is 43.1. The number of ketones is 1. The molecule has 2 N–H and O–H groups in total. The predicted octanol–water partition coefficient (Wildman–Crippen LogP) is 10.5. The number of nitrogens with two attached hydrogens (primary N) is 1. The first-order chi connectivity index (χ1) is 21.0. The number of hydrogen-bond acceptors (Lipinski definition) is 5. The maximum Gasteiger partial charge on any atom is 0.418 e. The minimum atomic E-state index is -4.77. The van der Waals surface area contributed by atoms with Crippen LogP contribution in [0.5, 0.6) is 0 Å². The molecule has 0 aromatic heterocycles. The van der Waals surface area contributed by atoms with Gasteiger partial charge in [-0.25, -0.2) is 0 Å². The number of carbonyl (C=O) groups is 1. The van der Waals surface area contributed by atoms with Gasteiger partial charge in [0.1, 0.15) is 5.82 Å². The van der Waals surface area contributed by atoms with Gasteiger partial charge in [-0.05, 0) is 84.3 Å². The van der Waals surface area contributed by atoms with Gasteiger partial charge in [-0.15, -0.1) is 11.8 Å². The van der Waals surface area contributed by atoms with Crippen molar-refractivity contribution < 1.29 is 18.0 Å². The van der Waals surface area contributed by atoms with E-state index < -0.39 is 23.1 Å². The molecule has 0 saturated heterocycles. The molecule has 0 spiro atoms. The molecule has 0 saturated carbocycles. The molecule has 234 valence electrons. The van der Waals surface area contributed by atoms with Crippen molar-refractivity contribution in [3.63, 3.8) is 0 Å². The number of nitriles is 1. The highest BCUT2D eigenvalue weighted by atomic mass is 35.5. The molecule has 1 atom stereocenters. The topological polar surface area (TPSA) is 70.1 Å². The number of alkyl halides is 3. The fourth-order valence-corrected chi connectivity index (χ4v) is 7.88. The molecule has 0 amide bonds. The van der Waals surface area contributed by atoms with Crippen LogP contribution in [0.15, 0.2) is 76.1 Å². The van der Waals surface area contributed by atoms with Gasteiger partial charge in [0.05, 0.1) is 33.8 Å². The van der Waals surface area contributed by atoms with Gasteiger partial charge in [-0.2, -0.15) is 18.4 Å². The largest absolute Gasteiger partial charge is 0.418 e. The number of carbonyl (C=O) groups excluding carboxylic acids is 1. The van der Waals surface area contributed by atoms with Crippen molar-refractivity contribution in [1.29, 1.82) is 5.26 Å². The lowest BCUT2D eigenvalue weighted by Gasteiger charge is -2.44. The van der Waals surface area contributed by atoms with E-state index >= 15 is 0 Å². The van der Waals surface area contributed by atoms with Crippen LogP contribution in [0.1, 0.15) is 60.4 Å². The summed E-state index contributed by atoms with van der Waals surface area (Å²) in [5, 5.41) is 11.5. The zero-order valence-electron chi connectivity index (χ0n) is 24.9. The normalized spacial score (nSPS) is 18.3. The summed E-state index contributed by atoms with van der Waals surface area (Å²) in [6.07, 6.45) is -4.34. The van der Waals surface area contributed by atoms with Crippen molar-refractivity contribution >= 4 is 58.0 Å². The van der Waals surface area contributed by atoms with Crippen molar-refractivity contribution in [3.05, 3.63) is 114 Å². The zero-order chi connectivity index (χ0) is 33.0. The van der Waals surface area contributed by atoms with Gasteiger partial charge in [-0.3, -0.25) is 9.69 Å². The Balaban J connectivity index is 1.71. The van der Waals surface area contributed by atoms with Crippen LogP contribution >= 0.6 is 46.6 Å². The summed E-state index contributed by atoms with van der Waals surface area (Å²) in [5.74, 6) is -0.724. The van der Waals surface area contributed by atoms with Gasteiger partial charge < -0.3 is 5.73 Å². The Morgan fingerprint density at radius 2 is 1.69 bits per heavy atom. The Kier molecular flexibility index (Phi) is 9.07. The van der Waals surface area contributed by atoms with Crippen molar-refractivity contribution in [3.8, 4) is 6.07 Å². The van der Waals surface area contributed by atoms with Gasteiger partial charge in [0.2, 0.25) is 0 Å². The summed E-state index contributed by atoms with van der Waals surface area (Å²) in [4.78, 5) is 16.1. The van der Waals surface area contributed by atoms with Crippen LogP contribution in [0.25, 0.3) is 0 Å². The van der Waals surface area contributed by atoms with Crippen LogP contribution in [0.2, 0.25) is 15.1 Å². The van der Waals surface area contributed by atoms with Crippen LogP contribution in [0.4, 0.5) is 18.9 Å². The second-order valence-corrected chi connectivity index (χ2v) is 14.4. The first kappa shape index (κ1) is 33.3. The van der Waals surface area contributed by atoms with E-state index in [1.807, 2.05) is 39.8 Å². The Bertz CT molecular complexity index is 1840. The highest BCUT2D eigenvalue weighted by Gasteiger charge is 2.47. The van der Waals surface area contributed by atoms with Gasteiger partial charge in [0.25, 0.3) is 0 Å². The number of rotatable bonds is 5. The molecule has 0 bridgehead atoms. The van der Waals surface area contributed by atoms with Crippen molar-refractivity contribution in [2.45, 2.75) is 63.3 Å². The number of benzene rings is 3. The number of nitrogens with zero attached hydrogens (tertiary/aromatic N) is 2. The van der Waals surface area contributed by atoms with Gasteiger partial charge >= 0.3 is 6.18 Å². The van der Waals surface area contributed by atoms with Crippen LogP contribution in [-0.2, 0) is 16.7 Å². The fraction of sp³-hybridized carbons (Fsp3) is 0.294. The molecule has 11 heteroatoms. The molecule has 5 rings (SSSR count). The minimum absolute atomic E-state index is 0.00771. The smallest absolute Gasteiger partial charge is 0.384 e. The number of hydrogen-bond donors (Lipinski definition) is 1. The summed E-state index contributed by atoms with van der Waals surface area (Å²) in [7, 11) is 0. The van der Waals surface area contributed by atoms with Gasteiger partial charge in [0, 0.05) is 38.4 Å². The number of halogens is 6. The third-order valence-electron chi connectivity index (χ3n) is 8.20. The molecule has 2 aliphatic rings. The van der Waals surface area contributed by atoms with Gasteiger partial charge in [-0.1, -0.05) is 60.8 Å². The van der Waals surface area contributed by atoms with Crippen molar-refractivity contribution in [2.75, 3.05) is 4.90 Å². The molecule has 1 heterocycles. The maximum absolute atomic E-state index is 14.4. The third kappa shape index (κ3) is 6.46. The molecule has 45 heavy (non-hydrogen) atoms. The molecule has 4 nitrogen and oxygen atoms in total. The number of anilines is 1. The highest BCUT2D eigenvalue weighted by molar-refractivity contribution is 7.98. The number of thioether (sulfide) groups is 1. The molecular formula is C34H29Cl3F3N3OS. The lowest BCUT2D eigenvalue weighted by molar-refractivity contribution is -0.137.